The fraction of sp³-hybridized carbons (Fsp3) is 0.294. The van der Waals surface area contributed by atoms with Crippen molar-refractivity contribution in [1.29, 1.82) is 0 Å². The fourth-order valence-corrected chi connectivity index (χ4v) is 2.89. The maximum atomic E-state index is 12.8. The van der Waals surface area contributed by atoms with E-state index in [4.69, 9.17) is 15.2 Å². The van der Waals surface area contributed by atoms with E-state index in [9.17, 15) is 9.59 Å². The standard InChI is InChI=1S/C17H15N4O4/c18-15(22)16-19-7-10-5-6-21(8-11(10)20-16)17(23)14-9-24-12-3-1-2-4-13(12)25-14/h1-4,14H,5-6,8-9H2,(H2,18,22). The Balaban J connectivity index is 1.51. The van der Waals surface area contributed by atoms with E-state index in [0.717, 1.165) is 5.56 Å². The Hall–Kier alpha value is -3.16. The average molecular weight is 339 g/mol. The van der Waals surface area contributed by atoms with Gasteiger partial charge < -0.3 is 20.1 Å². The van der Waals surface area contributed by atoms with E-state index < -0.39 is 12.0 Å². The number of rotatable bonds is 2. The summed E-state index contributed by atoms with van der Waals surface area (Å²) in [6.45, 7) is 0.916. The predicted molar refractivity (Wildman–Crippen MR) is 84.9 cm³/mol. The fourth-order valence-electron chi connectivity index (χ4n) is 2.89. The van der Waals surface area contributed by atoms with E-state index >= 15 is 0 Å². The molecule has 127 valence electrons. The zero-order valence-corrected chi connectivity index (χ0v) is 13.3. The molecule has 1 atom stereocenters. The van der Waals surface area contributed by atoms with Crippen LogP contribution in [0.2, 0.25) is 0 Å². The summed E-state index contributed by atoms with van der Waals surface area (Å²) < 4.78 is 11.4. The first kappa shape index (κ1) is 15.4. The van der Waals surface area contributed by atoms with Crippen LogP contribution in [-0.4, -0.2) is 45.9 Å². The van der Waals surface area contributed by atoms with Crippen LogP contribution in [0.4, 0.5) is 0 Å². The molecule has 4 rings (SSSR count). The molecule has 2 amide bonds. The van der Waals surface area contributed by atoms with Gasteiger partial charge in [-0.1, -0.05) is 12.1 Å². The number of amides is 2. The third kappa shape index (κ3) is 2.86. The zero-order chi connectivity index (χ0) is 17.4. The van der Waals surface area contributed by atoms with Gasteiger partial charge in [0.1, 0.15) is 6.61 Å². The largest absolute Gasteiger partial charge is 0.485 e. The molecule has 0 spiro atoms. The average Bonchev–Trinajstić information content (AvgIpc) is 2.66. The summed E-state index contributed by atoms with van der Waals surface area (Å²) in [5, 5.41) is 0. The summed E-state index contributed by atoms with van der Waals surface area (Å²) >= 11 is 0. The predicted octanol–water partition coefficient (Wildman–Crippen LogP) is 0.100. The van der Waals surface area contributed by atoms with Crippen LogP contribution >= 0.6 is 0 Å². The van der Waals surface area contributed by atoms with Crippen LogP contribution < -0.4 is 15.2 Å². The van der Waals surface area contributed by atoms with Crippen LogP contribution in [0.15, 0.2) is 24.3 Å². The molecule has 8 nitrogen and oxygen atoms in total. The van der Waals surface area contributed by atoms with E-state index in [2.05, 4.69) is 16.2 Å². The van der Waals surface area contributed by atoms with Gasteiger partial charge in [0.05, 0.1) is 18.4 Å². The van der Waals surface area contributed by atoms with E-state index in [1.807, 2.05) is 12.1 Å². The summed E-state index contributed by atoms with van der Waals surface area (Å²) in [4.78, 5) is 33.6. The monoisotopic (exact) mass is 339 g/mol. The lowest BCUT2D eigenvalue weighted by molar-refractivity contribution is -0.142. The minimum Gasteiger partial charge on any atom is -0.485 e. The van der Waals surface area contributed by atoms with Gasteiger partial charge in [0.25, 0.3) is 11.8 Å². The van der Waals surface area contributed by atoms with E-state index in [1.165, 1.54) is 0 Å². The summed E-state index contributed by atoms with van der Waals surface area (Å²) in [6.07, 6.45) is 2.63. The Labute approximate surface area is 143 Å². The maximum absolute atomic E-state index is 12.8. The van der Waals surface area contributed by atoms with Gasteiger partial charge >= 0.3 is 0 Å². The van der Waals surface area contributed by atoms with Crippen LogP contribution in [0.3, 0.4) is 0 Å². The van der Waals surface area contributed by atoms with Crippen LogP contribution in [0.25, 0.3) is 0 Å². The maximum Gasteiger partial charge on any atom is 0.286 e. The number of para-hydroxylation sites is 2. The third-order valence-corrected chi connectivity index (χ3v) is 4.17. The number of carbonyl (C=O) groups excluding carboxylic acids is 2. The molecule has 3 heterocycles. The summed E-state index contributed by atoms with van der Waals surface area (Å²) in [5.74, 6) is 0.182. The summed E-state index contributed by atoms with van der Waals surface area (Å²) in [6, 6.07) is 7.23. The molecule has 8 heteroatoms. The van der Waals surface area contributed by atoms with Gasteiger partial charge in [-0.3, -0.25) is 9.59 Å². The van der Waals surface area contributed by atoms with Crippen molar-refractivity contribution in [2.45, 2.75) is 19.1 Å². The molecule has 1 aromatic carbocycles. The molecule has 0 saturated carbocycles. The molecular weight excluding hydrogens is 324 g/mol. The van der Waals surface area contributed by atoms with Crippen molar-refractivity contribution in [3.05, 3.63) is 47.5 Å². The number of nitrogens with two attached hydrogens (primary N) is 1. The molecule has 2 N–H and O–H groups in total. The molecule has 1 radical (unpaired) electrons. The first-order chi connectivity index (χ1) is 12.1. The van der Waals surface area contributed by atoms with Crippen LogP contribution in [-0.2, 0) is 17.8 Å². The second-order valence-corrected chi connectivity index (χ2v) is 5.82. The Morgan fingerprint density at radius 2 is 2.08 bits per heavy atom. The van der Waals surface area contributed by atoms with Crippen LogP contribution in [0.5, 0.6) is 11.5 Å². The van der Waals surface area contributed by atoms with Crippen molar-refractivity contribution in [3.8, 4) is 11.5 Å². The first-order valence-electron chi connectivity index (χ1n) is 7.86. The number of aromatic nitrogens is 2. The Kier molecular flexibility index (Phi) is 3.72. The van der Waals surface area contributed by atoms with Crippen molar-refractivity contribution < 1.29 is 19.1 Å². The molecule has 25 heavy (non-hydrogen) atoms. The molecule has 0 aliphatic carbocycles. The highest BCUT2D eigenvalue weighted by atomic mass is 16.6. The Bertz CT molecular complexity index is 854. The van der Waals surface area contributed by atoms with Crippen molar-refractivity contribution in [3.63, 3.8) is 0 Å². The minimum absolute atomic E-state index is 0.0979. The number of nitrogens with zero attached hydrogens (tertiary/aromatic N) is 3. The molecule has 1 aromatic heterocycles. The molecule has 2 aliphatic rings. The van der Waals surface area contributed by atoms with Gasteiger partial charge in [0.2, 0.25) is 11.9 Å². The normalized spacial score (nSPS) is 18.4. The molecule has 2 aromatic rings. The van der Waals surface area contributed by atoms with Gasteiger partial charge in [-0.2, -0.15) is 0 Å². The third-order valence-electron chi connectivity index (χ3n) is 4.17. The highest BCUT2D eigenvalue weighted by molar-refractivity contribution is 5.88. The Morgan fingerprint density at radius 1 is 1.28 bits per heavy atom. The van der Waals surface area contributed by atoms with Gasteiger partial charge in [-0.05, 0) is 18.6 Å². The molecule has 0 bridgehead atoms. The Morgan fingerprint density at radius 3 is 2.88 bits per heavy atom. The minimum atomic E-state index is -0.719. The van der Waals surface area contributed by atoms with Gasteiger partial charge in [-0.25, -0.2) is 9.97 Å². The van der Waals surface area contributed by atoms with E-state index in [1.54, 1.807) is 17.0 Å². The first-order valence-corrected chi connectivity index (χ1v) is 7.86. The highest BCUT2D eigenvalue weighted by Gasteiger charge is 2.33. The molecule has 0 saturated heterocycles. The van der Waals surface area contributed by atoms with E-state index in [-0.39, 0.29) is 24.9 Å². The molecule has 2 aliphatic heterocycles. The van der Waals surface area contributed by atoms with E-state index in [0.29, 0.717) is 30.2 Å². The number of fused-ring (bicyclic) bond motifs is 2. The quantitative estimate of drug-likeness (QED) is 0.831. The second kappa shape index (κ2) is 6.04. The second-order valence-electron chi connectivity index (χ2n) is 5.82. The number of ether oxygens (including phenoxy) is 2. The number of carbonyl (C=O) groups is 2. The lowest BCUT2D eigenvalue weighted by atomic mass is 10.1. The van der Waals surface area contributed by atoms with Crippen LogP contribution in [0, 0.1) is 6.20 Å². The summed E-state index contributed by atoms with van der Waals surface area (Å²) in [7, 11) is 0. The topological polar surface area (TPSA) is 108 Å². The number of benzene rings is 1. The van der Waals surface area contributed by atoms with Gasteiger partial charge in [0, 0.05) is 12.1 Å². The van der Waals surface area contributed by atoms with Crippen molar-refractivity contribution >= 4 is 11.8 Å². The lowest BCUT2D eigenvalue weighted by Gasteiger charge is -2.33. The lowest BCUT2D eigenvalue weighted by Crippen LogP contribution is -2.48. The van der Waals surface area contributed by atoms with Gasteiger partial charge in [-0.15, -0.1) is 0 Å². The number of hydrogen-bond donors (Lipinski definition) is 1. The van der Waals surface area contributed by atoms with Crippen molar-refractivity contribution in [1.82, 2.24) is 14.9 Å². The number of primary amides is 1. The van der Waals surface area contributed by atoms with Gasteiger partial charge in [0.15, 0.2) is 11.5 Å². The van der Waals surface area contributed by atoms with Crippen molar-refractivity contribution in [2.24, 2.45) is 5.73 Å². The summed E-state index contributed by atoms with van der Waals surface area (Å²) in [5.41, 5.74) is 6.58. The molecule has 1 unspecified atom stereocenters. The number of hydrogen-bond acceptors (Lipinski definition) is 6. The van der Waals surface area contributed by atoms with Crippen molar-refractivity contribution in [2.75, 3.05) is 13.2 Å². The van der Waals surface area contributed by atoms with Crippen LogP contribution in [0.1, 0.15) is 21.9 Å². The highest BCUT2D eigenvalue weighted by Crippen LogP contribution is 2.31. The smallest absolute Gasteiger partial charge is 0.286 e. The molecule has 0 fully saturated rings. The zero-order valence-electron chi connectivity index (χ0n) is 13.3. The molecular formula is C17H15N4O4. The SMILES string of the molecule is NC(=O)c1n[c]c2c(n1)CN(C(=O)C1COc3ccccc3O1)CC2.